The number of hydrogen-bond donors (Lipinski definition) is 0. The van der Waals surface area contributed by atoms with Gasteiger partial charge in [-0.15, -0.1) is 18.4 Å². The van der Waals surface area contributed by atoms with Crippen LogP contribution in [0.15, 0.2) is 12.7 Å². The van der Waals surface area contributed by atoms with Crippen LogP contribution in [-0.4, -0.2) is 16.8 Å². The van der Waals surface area contributed by atoms with Crippen molar-refractivity contribution in [2.75, 3.05) is 0 Å². The summed E-state index contributed by atoms with van der Waals surface area (Å²) >= 11 is 0. The molecule has 0 radical (unpaired) electrons. The van der Waals surface area contributed by atoms with Gasteiger partial charge in [0.25, 0.3) is 0 Å². The van der Waals surface area contributed by atoms with E-state index >= 15 is 0 Å². The predicted octanol–water partition coefficient (Wildman–Crippen LogP) is 3.02. The first kappa shape index (κ1) is 15.3. The Labute approximate surface area is 104 Å². The molecule has 3 nitrogen and oxygen atoms in total. The molecule has 0 bridgehead atoms. The van der Waals surface area contributed by atoms with Crippen molar-refractivity contribution >= 4 is 12.0 Å². The molecule has 0 saturated heterocycles. The quantitative estimate of drug-likeness (QED) is 0.166. The van der Waals surface area contributed by atoms with Gasteiger partial charge in [0.1, 0.15) is 0 Å². The highest BCUT2D eigenvalue weighted by Crippen LogP contribution is 2.19. The molecule has 0 amide bonds. The minimum absolute atomic E-state index is 0.207. The molecule has 0 atom stereocenters. The van der Waals surface area contributed by atoms with Crippen LogP contribution in [0.5, 0.6) is 0 Å². The Morgan fingerprint density at radius 1 is 1.41 bits per heavy atom. The Kier molecular flexibility index (Phi) is 7.67. The van der Waals surface area contributed by atoms with Crippen molar-refractivity contribution < 1.29 is 9.58 Å². The summed E-state index contributed by atoms with van der Waals surface area (Å²) in [6.45, 7) is 7.25. The molecule has 0 fully saturated rings. The molecule has 3 heteroatoms. The maximum absolute atomic E-state index is 11.5. The van der Waals surface area contributed by atoms with Crippen LogP contribution in [-0.2, 0) is 4.79 Å². The number of hydrogen-bond acceptors (Lipinski definition) is 1. The number of rotatable bonds is 7. The van der Waals surface area contributed by atoms with Crippen LogP contribution in [0.1, 0.15) is 46.0 Å². The van der Waals surface area contributed by atoms with E-state index in [1.807, 2.05) is 6.08 Å². The van der Waals surface area contributed by atoms with Crippen LogP contribution in [0.4, 0.5) is 0 Å². The molecule has 0 saturated carbocycles. The van der Waals surface area contributed by atoms with E-state index in [4.69, 9.17) is 5.53 Å². The highest BCUT2D eigenvalue weighted by Gasteiger charge is 2.27. The van der Waals surface area contributed by atoms with Gasteiger partial charge in [-0.25, -0.2) is 0 Å². The molecule has 0 aliphatic heterocycles. The van der Waals surface area contributed by atoms with Crippen LogP contribution < -0.4 is 0 Å². The second-order valence-electron chi connectivity index (χ2n) is 4.56. The van der Waals surface area contributed by atoms with Crippen molar-refractivity contribution in [1.82, 2.24) is 0 Å². The third kappa shape index (κ3) is 7.27. The van der Waals surface area contributed by atoms with Gasteiger partial charge in [-0.2, -0.15) is 4.79 Å². The van der Waals surface area contributed by atoms with Gasteiger partial charge in [-0.1, -0.05) is 19.9 Å². The van der Waals surface area contributed by atoms with Gasteiger partial charge in [0, 0.05) is 18.3 Å². The zero-order valence-electron chi connectivity index (χ0n) is 10.7. The predicted molar refractivity (Wildman–Crippen MR) is 69.5 cm³/mol. The van der Waals surface area contributed by atoms with Gasteiger partial charge in [0.2, 0.25) is 5.78 Å². The van der Waals surface area contributed by atoms with Crippen LogP contribution in [0, 0.1) is 17.3 Å². The Hall–Kier alpha value is -1.65. The highest BCUT2D eigenvalue weighted by atomic mass is 16.1. The maximum Gasteiger partial charge on any atom is 0.323 e. The Bertz CT molecular complexity index is 365. The average Bonchev–Trinajstić information content (AvgIpc) is 2.28. The van der Waals surface area contributed by atoms with Gasteiger partial charge in [0.05, 0.1) is 0 Å². The first-order chi connectivity index (χ1) is 8.04. The topological polar surface area (TPSA) is 53.5 Å². The van der Waals surface area contributed by atoms with Gasteiger partial charge in [-0.05, 0) is 19.3 Å². The summed E-state index contributed by atoms with van der Waals surface area (Å²) in [4.78, 5) is 14.2. The first-order valence-electron chi connectivity index (χ1n) is 5.83. The Morgan fingerprint density at radius 3 is 2.71 bits per heavy atom. The molecule has 0 aromatic carbocycles. The van der Waals surface area contributed by atoms with Crippen molar-refractivity contribution in [1.29, 1.82) is 0 Å². The fraction of sp³-hybridized carbons (Fsp3) is 0.571. The smallest absolute Gasteiger partial charge is 0.323 e. The van der Waals surface area contributed by atoms with Gasteiger partial charge >= 0.3 is 6.21 Å². The average molecular weight is 232 g/mol. The molecule has 0 unspecified atom stereocenters. The lowest BCUT2D eigenvalue weighted by molar-refractivity contribution is -0.123. The lowest BCUT2D eigenvalue weighted by Gasteiger charge is -2.14. The molecule has 0 rings (SSSR count). The summed E-state index contributed by atoms with van der Waals surface area (Å²) in [6.07, 6.45) is 7.38. The second-order valence-corrected chi connectivity index (χ2v) is 4.56. The fourth-order valence-corrected chi connectivity index (χ4v) is 1.19. The van der Waals surface area contributed by atoms with Crippen molar-refractivity contribution in [2.24, 2.45) is 5.41 Å². The molecular formula is C14H20N2O. The lowest BCUT2D eigenvalue weighted by atomic mass is 9.85. The molecule has 0 aliphatic rings. The molecule has 0 spiro atoms. The number of carbonyl (C=O) groups excluding carboxylic acids is 1. The van der Waals surface area contributed by atoms with Crippen LogP contribution >= 0.6 is 0 Å². The minimum Gasteiger partial charge on any atom is -0.361 e. The number of ketones is 1. The van der Waals surface area contributed by atoms with E-state index in [9.17, 15) is 4.79 Å². The van der Waals surface area contributed by atoms with E-state index in [0.29, 0.717) is 6.42 Å². The third-order valence-electron chi connectivity index (χ3n) is 2.46. The minimum atomic E-state index is -0.583. The summed E-state index contributed by atoms with van der Waals surface area (Å²) < 4.78 is 0. The van der Waals surface area contributed by atoms with E-state index in [1.165, 1.54) is 0 Å². The van der Waals surface area contributed by atoms with E-state index in [1.54, 1.807) is 13.8 Å². The van der Waals surface area contributed by atoms with Crippen LogP contribution in [0.3, 0.4) is 0 Å². The summed E-state index contributed by atoms with van der Waals surface area (Å²) in [5.74, 6) is 5.85. The van der Waals surface area contributed by atoms with Crippen molar-refractivity contribution in [3.63, 3.8) is 0 Å². The number of unbranched alkanes of at least 4 members (excludes halogenated alkanes) is 3. The van der Waals surface area contributed by atoms with Crippen molar-refractivity contribution in [2.45, 2.75) is 46.0 Å². The third-order valence-corrected chi connectivity index (χ3v) is 2.46. The first-order valence-corrected chi connectivity index (χ1v) is 5.83. The lowest BCUT2D eigenvalue weighted by Crippen LogP contribution is -2.24. The number of allylic oxidation sites excluding steroid dienone is 1. The van der Waals surface area contributed by atoms with E-state index < -0.39 is 5.41 Å². The Balaban J connectivity index is 4.00. The molecular weight excluding hydrogens is 212 g/mol. The van der Waals surface area contributed by atoms with Crippen LogP contribution in [0.2, 0.25) is 0 Å². The van der Waals surface area contributed by atoms with E-state index in [2.05, 4.69) is 23.2 Å². The standard InChI is InChI=1S/C14H20N2O/c1-4-5-6-7-8-9-10-11-14(2,3)13(17)12-16-15/h4,12H,1,5-8,11H2,2-3H3. The summed E-state index contributed by atoms with van der Waals surface area (Å²) in [6, 6.07) is 0. The van der Waals surface area contributed by atoms with Crippen LogP contribution in [0.25, 0.3) is 5.53 Å². The SMILES string of the molecule is C=CCCCCC#CCC(C)(C)C(=O)C=[N+]=[N-]. The molecule has 0 aliphatic carbocycles. The zero-order chi connectivity index (χ0) is 13.1. The zero-order valence-corrected chi connectivity index (χ0v) is 10.7. The van der Waals surface area contributed by atoms with Gasteiger partial charge in [0.15, 0.2) is 0 Å². The van der Waals surface area contributed by atoms with Gasteiger partial charge in [-0.3, -0.25) is 4.79 Å². The van der Waals surface area contributed by atoms with E-state index in [0.717, 1.165) is 31.9 Å². The van der Waals surface area contributed by atoms with Crippen molar-refractivity contribution in [3.8, 4) is 11.8 Å². The second kappa shape index (κ2) is 8.50. The molecule has 0 N–H and O–H groups in total. The maximum atomic E-state index is 11.5. The largest absolute Gasteiger partial charge is 0.361 e. The van der Waals surface area contributed by atoms with E-state index in [-0.39, 0.29) is 5.78 Å². The fourth-order valence-electron chi connectivity index (χ4n) is 1.19. The number of carbonyl (C=O) groups is 1. The highest BCUT2D eigenvalue weighted by molar-refractivity contribution is 6.27. The number of nitrogens with zero attached hydrogens (tertiary/aromatic N) is 2. The van der Waals surface area contributed by atoms with Gasteiger partial charge < -0.3 is 5.53 Å². The Morgan fingerprint density at radius 2 is 2.12 bits per heavy atom. The van der Waals surface area contributed by atoms with Crippen molar-refractivity contribution in [3.05, 3.63) is 18.2 Å². The molecule has 0 heterocycles. The summed E-state index contributed by atoms with van der Waals surface area (Å²) in [5, 5.41) is 0. The molecule has 17 heavy (non-hydrogen) atoms. The molecule has 0 aromatic heterocycles. The summed E-state index contributed by atoms with van der Waals surface area (Å²) in [5.41, 5.74) is 7.71. The molecule has 92 valence electrons. The normalized spacial score (nSPS) is 9.76. The monoisotopic (exact) mass is 232 g/mol. The molecule has 0 aromatic rings. The number of Topliss-reactive ketones (excluding diaryl/α,β-unsaturated/α-hetero) is 1. The summed E-state index contributed by atoms with van der Waals surface area (Å²) in [7, 11) is 0.